The monoisotopic (exact) mass is 374 g/mol. The van der Waals surface area contributed by atoms with E-state index in [0.717, 1.165) is 33.1 Å². The van der Waals surface area contributed by atoms with E-state index in [9.17, 15) is 19.6 Å². The molecule has 1 aliphatic carbocycles. The average molecular weight is 374 g/mol. The number of amides is 4. The van der Waals surface area contributed by atoms with Gasteiger partial charge in [0, 0.05) is 27.9 Å². The van der Waals surface area contributed by atoms with Crippen molar-refractivity contribution in [3.63, 3.8) is 0 Å². The van der Waals surface area contributed by atoms with E-state index >= 15 is 0 Å². The number of urea groups is 1. The lowest BCUT2D eigenvalue weighted by Crippen LogP contribution is -2.59. The molecule has 8 nitrogen and oxygen atoms in total. The van der Waals surface area contributed by atoms with Crippen LogP contribution in [-0.4, -0.2) is 46.3 Å². The van der Waals surface area contributed by atoms with Crippen LogP contribution >= 0.6 is 0 Å². The normalized spacial score (nSPS) is 22.7. The van der Waals surface area contributed by atoms with Crippen molar-refractivity contribution in [1.29, 1.82) is 0 Å². The van der Waals surface area contributed by atoms with E-state index < -0.39 is 29.7 Å². The average Bonchev–Trinajstić information content (AvgIpc) is 2.86. The van der Waals surface area contributed by atoms with Crippen LogP contribution in [0.1, 0.15) is 42.4 Å². The first-order valence-electron chi connectivity index (χ1n) is 9.17. The lowest BCUT2D eigenvalue weighted by atomic mass is 9.73. The van der Waals surface area contributed by atoms with E-state index in [1.165, 1.54) is 14.1 Å². The Morgan fingerprint density at radius 2 is 1.67 bits per heavy atom. The molecule has 2 atom stereocenters. The van der Waals surface area contributed by atoms with Crippen molar-refractivity contribution in [3.8, 4) is 0 Å². The number of imidazole rings is 1. The first kappa shape index (κ1) is 19.1. The second-order valence-corrected chi connectivity index (χ2v) is 7.51. The molecule has 8 heteroatoms. The highest BCUT2D eigenvalue weighted by Gasteiger charge is 2.52. The second-order valence-electron chi connectivity index (χ2n) is 7.51. The van der Waals surface area contributed by atoms with Crippen LogP contribution < -0.4 is 4.73 Å². The summed E-state index contributed by atoms with van der Waals surface area (Å²) in [4.78, 5) is 40.1. The summed E-state index contributed by atoms with van der Waals surface area (Å²) >= 11 is 0. The number of rotatable bonds is 3. The first-order chi connectivity index (χ1) is 12.7. The third-order valence-electron chi connectivity index (χ3n) is 6.12. The van der Waals surface area contributed by atoms with Crippen molar-refractivity contribution in [3.05, 3.63) is 34.6 Å². The number of carbonyl (C=O) groups excluding carboxylic acids is 3. The predicted octanol–water partition coefficient (Wildman–Crippen LogP) is 1.38. The van der Waals surface area contributed by atoms with E-state index in [4.69, 9.17) is 0 Å². The van der Waals surface area contributed by atoms with E-state index in [1.54, 1.807) is 18.5 Å². The van der Waals surface area contributed by atoms with Crippen LogP contribution in [0.25, 0.3) is 0 Å². The zero-order valence-corrected chi connectivity index (χ0v) is 16.4. The molecule has 4 amide bonds. The molecule has 0 aromatic carbocycles. The summed E-state index contributed by atoms with van der Waals surface area (Å²) in [5.41, 5.74) is 1.35. The van der Waals surface area contributed by atoms with Gasteiger partial charge in [-0.3, -0.25) is 19.4 Å². The molecular weight excluding hydrogens is 348 g/mol. The predicted molar refractivity (Wildman–Crippen MR) is 97.5 cm³/mol. The number of aromatic nitrogens is 2. The Morgan fingerprint density at radius 1 is 1.07 bits per heavy atom. The van der Waals surface area contributed by atoms with Crippen LogP contribution in [0.15, 0.2) is 12.2 Å². The number of hydrogen-bond donors (Lipinski definition) is 0. The molecule has 0 spiro atoms. The molecule has 0 unspecified atom stereocenters. The minimum atomic E-state index is -1.08. The van der Waals surface area contributed by atoms with E-state index in [2.05, 4.69) is 6.08 Å². The van der Waals surface area contributed by atoms with E-state index in [1.807, 2.05) is 13.0 Å². The SMILES string of the molecule is Cc1c(C)[n+]([O-])c([C@H](C2C(=O)N(C)C(=O)N(C)C2=O)[C@H]2CC=CCC2)n1C. The summed E-state index contributed by atoms with van der Waals surface area (Å²) in [6.45, 7) is 3.58. The number of hydrogen-bond acceptors (Lipinski definition) is 4. The smallest absolute Gasteiger partial charge is 0.332 e. The zero-order chi connectivity index (χ0) is 20.0. The summed E-state index contributed by atoms with van der Waals surface area (Å²) in [5.74, 6) is -2.38. The fraction of sp³-hybridized carbons (Fsp3) is 0.579. The van der Waals surface area contributed by atoms with Crippen LogP contribution in [0, 0.1) is 30.9 Å². The third-order valence-corrected chi connectivity index (χ3v) is 6.12. The summed E-state index contributed by atoms with van der Waals surface area (Å²) in [7, 11) is 4.55. The van der Waals surface area contributed by atoms with Crippen molar-refractivity contribution in [2.75, 3.05) is 14.1 Å². The standard InChI is InChI=1S/C19H26N4O4/c1-11-12(2)23(27)16(20(11)3)14(13-9-7-6-8-10-13)15-17(24)21(4)19(26)22(5)18(15)25/h6-7,13-15H,8-10H2,1-5H3/t13-,14-/m0/s1. The second kappa shape index (κ2) is 6.83. The highest BCUT2D eigenvalue weighted by molar-refractivity contribution is 6.16. The Bertz CT molecular complexity index is 792. The van der Waals surface area contributed by atoms with Gasteiger partial charge in [-0.25, -0.2) is 14.1 Å². The van der Waals surface area contributed by atoms with Gasteiger partial charge in [0.2, 0.25) is 11.8 Å². The lowest BCUT2D eigenvalue weighted by Gasteiger charge is -2.38. The van der Waals surface area contributed by atoms with Crippen molar-refractivity contribution in [1.82, 2.24) is 14.4 Å². The molecule has 2 aliphatic rings. The van der Waals surface area contributed by atoms with Gasteiger partial charge in [-0.1, -0.05) is 12.2 Å². The quantitative estimate of drug-likeness (QED) is 0.346. The Kier molecular flexibility index (Phi) is 4.84. The largest absolute Gasteiger partial charge is 0.711 e. The van der Waals surface area contributed by atoms with Gasteiger partial charge in [0.25, 0.3) is 5.82 Å². The van der Waals surface area contributed by atoms with Crippen LogP contribution in [0.5, 0.6) is 0 Å². The number of allylic oxidation sites excluding steroid dienone is 2. The minimum absolute atomic E-state index is 0.0319. The van der Waals surface area contributed by atoms with Gasteiger partial charge in [0.15, 0.2) is 0 Å². The first-order valence-corrected chi connectivity index (χ1v) is 9.17. The fourth-order valence-corrected chi connectivity index (χ4v) is 4.25. The molecular formula is C19H26N4O4. The van der Waals surface area contributed by atoms with E-state index in [0.29, 0.717) is 17.9 Å². The van der Waals surface area contributed by atoms with Gasteiger partial charge in [0.05, 0.1) is 13.0 Å². The summed E-state index contributed by atoms with van der Waals surface area (Å²) in [6.07, 6.45) is 6.42. The maximum absolute atomic E-state index is 13.0. The molecule has 1 saturated heterocycles. The highest BCUT2D eigenvalue weighted by Crippen LogP contribution is 2.41. The number of nitrogens with zero attached hydrogens (tertiary/aromatic N) is 4. The van der Waals surface area contributed by atoms with Crippen molar-refractivity contribution in [2.24, 2.45) is 18.9 Å². The van der Waals surface area contributed by atoms with Gasteiger partial charge in [0.1, 0.15) is 17.3 Å². The molecule has 1 aromatic heterocycles. The van der Waals surface area contributed by atoms with Gasteiger partial charge in [-0.05, 0) is 25.2 Å². The van der Waals surface area contributed by atoms with Crippen LogP contribution in [-0.2, 0) is 16.6 Å². The van der Waals surface area contributed by atoms with Crippen molar-refractivity contribution < 1.29 is 19.1 Å². The minimum Gasteiger partial charge on any atom is -0.711 e. The molecule has 2 heterocycles. The van der Waals surface area contributed by atoms with Gasteiger partial charge >= 0.3 is 6.03 Å². The molecule has 0 radical (unpaired) electrons. The fourth-order valence-electron chi connectivity index (χ4n) is 4.25. The summed E-state index contributed by atoms with van der Waals surface area (Å²) in [6, 6.07) is -0.641. The van der Waals surface area contributed by atoms with Crippen molar-refractivity contribution >= 4 is 17.8 Å². The molecule has 1 aliphatic heterocycles. The Hall–Kier alpha value is -2.64. The van der Waals surface area contributed by atoms with Gasteiger partial charge in [-0.2, -0.15) is 0 Å². The molecule has 3 rings (SSSR count). The third kappa shape index (κ3) is 2.83. The van der Waals surface area contributed by atoms with Gasteiger partial charge in [-0.15, -0.1) is 0 Å². The van der Waals surface area contributed by atoms with Crippen LogP contribution in [0.4, 0.5) is 4.79 Å². The van der Waals surface area contributed by atoms with Crippen LogP contribution in [0.3, 0.4) is 0 Å². The Labute approximate surface area is 158 Å². The summed E-state index contributed by atoms with van der Waals surface area (Å²) in [5, 5.41) is 12.9. The maximum atomic E-state index is 13.0. The van der Waals surface area contributed by atoms with Crippen molar-refractivity contribution in [2.45, 2.75) is 39.0 Å². The van der Waals surface area contributed by atoms with Gasteiger partial charge < -0.3 is 5.21 Å². The number of imide groups is 2. The Morgan fingerprint density at radius 3 is 2.11 bits per heavy atom. The Balaban J connectivity index is 2.18. The summed E-state index contributed by atoms with van der Waals surface area (Å²) < 4.78 is 2.62. The van der Waals surface area contributed by atoms with E-state index in [-0.39, 0.29) is 5.92 Å². The molecule has 146 valence electrons. The highest BCUT2D eigenvalue weighted by atomic mass is 16.5. The molecule has 0 bridgehead atoms. The maximum Gasteiger partial charge on any atom is 0.332 e. The molecule has 1 fully saturated rings. The molecule has 27 heavy (non-hydrogen) atoms. The molecule has 1 aromatic rings. The topological polar surface area (TPSA) is 89.6 Å². The van der Waals surface area contributed by atoms with Crippen LogP contribution in [0.2, 0.25) is 0 Å². The number of carbonyl (C=O) groups is 3. The number of barbiturate groups is 1. The zero-order valence-electron chi connectivity index (χ0n) is 16.4. The molecule has 0 N–H and O–H groups in total. The lowest BCUT2D eigenvalue weighted by molar-refractivity contribution is -0.622. The molecule has 0 saturated carbocycles.